The molecule has 126 valence electrons. The maximum Gasteiger partial charge on any atom is 0.335 e. The number of carbonyl (C=O) groups excluding carboxylic acids is 1. The van der Waals surface area contributed by atoms with Crippen molar-refractivity contribution in [3.05, 3.63) is 69.8 Å². The number of aryl methyl sites for hydroxylation is 3. The monoisotopic (exact) mass is 325 g/mol. The fraction of sp³-hybridized carbons (Fsp3) is 0.300. The fourth-order valence-corrected chi connectivity index (χ4v) is 2.99. The molecule has 0 unspecified atom stereocenters. The summed E-state index contributed by atoms with van der Waals surface area (Å²) in [6, 6.07) is 10.8. The maximum atomic E-state index is 12.0. The number of carboxylic acid groups (broad SMARTS) is 1. The van der Waals surface area contributed by atoms with Crippen LogP contribution in [0.1, 0.15) is 38.2 Å². The standard InChI is InChI=1S/C20H23NO3/c1-13-9-14(2)18(15(3)10-13)7-8-21-19(22)12-16-5-4-6-17(11-16)20(23)24/h4-6,9-11H,7-8,12H2,1-3H3,(H,21,22)(H,23,24). The molecular weight excluding hydrogens is 302 g/mol. The predicted octanol–water partition coefficient (Wildman–Crippen LogP) is 3.21. The number of carboxylic acids is 1. The summed E-state index contributed by atoms with van der Waals surface area (Å²) in [5.74, 6) is -1.08. The van der Waals surface area contributed by atoms with Crippen molar-refractivity contribution in [2.24, 2.45) is 0 Å². The van der Waals surface area contributed by atoms with E-state index in [4.69, 9.17) is 5.11 Å². The molecule has 4 heteroatoms. The number of benzene rings is 2. The largest absolute Gasteiger partial charge is 0.478 e. The number of rotatable bonds is 6. The van der Waals surface area contributed by atoms with Crippen molar-refractivity contribution in [1.82, 2.24) is 5.32 Å². The normalized spacial score (nSPS) is 10.5. The lowest BCUT2D eigenvalue weighted by Gasteiger charge is -2.12. The van der Waals surface area contributed by atoms with Crippen LogP contribution in [-0.4, -0.2) is 23.5 Å². The van der Waals surface area contributed by atoms with Gasteiger partial charge in [0.2, 0.25) is 5.91 Å². The van der Waals surface area contributed by atoms with E-state index in [-0.39, 0.29) is 17.9 Å². The number of amides is 1. The molecule has 2 aromatic carbocycles. The molecular formula is C20H23NO3. The van der Waals surface area contributed by atoms with Gasteiger partial charge in [-0.1, -0.05) is 29.8 Å². The molecule has 0 aliphatic rings. The highest BCUT2D eigenvalue weighted by Gasteiger charge is 2.08. The van der Waals surface area contributed by atoms with Crippen molar-refractivity contribution >= 4 is 11.9 Å². The van der Waals surface area contributed by atoms with Crippen molar-refractivity contribution in [1.29, 1.82) is 0 Å². The molecule has 0 heterocycles. The molecule has 0 bridgehead atoms. The summed E-state index contributed by atoms with van der Waals surface area (Å²) in [5, 5.41) is 11.9. The average Bonchev–Trinajstić information content (AvgIpc) is 2.50. The molecule has 0 fully saturated rings. The van der Waals surface area contributed by atoms with Crippen molar-refractivity contribution in [3.8, 4) is 0 Å². The molecule has 4 nitrogen and oxygen atoms in total. The molecule has 0 saturated heterocycles. The molecule has 1 amide bonds. The molecule has 0 aliphatic heterocycles. The van der Waals surface area contributed by atoms with Gasteiger partial charge in [0, 0.05) is 6.54 Å². The first-order valence-corrected chi connectivity index (χ1v) is 8.02. The number of hydrogen-bond acceptors (Lipinski definition) is 2. The first-order valence-electron chi connectivity index (χ1n) is 8.02. The second kappa shape index (κ2) is 7.77. The lowest BCUT2D eigenvalue weighted by Crippen LogP contribution is -2.27. The Labute approximate surface area is 142 Å². The first-order chi connectivity index (χ1) is 11.4. The van der Waals surface area contributed by atoms with Crippen LogP contribution in [0.2, 0.25) is 0 Å². The highest BCUT2D eigenvalue weighted by atomic mass is 16.4. The minimum absolute atomic E-state index is 0.0973. The van der Waals surface area contributed by atoms with Gasteiger partial charge >= 0.3 is 5.97 Å². The zero-order valence-corrected chi connectivity index (χ0v) is 14.3. The molecule has 0 aliphatic carbocycles. The molecule has 0 spiro atoms. The van der Waals surface area contributed by atoms with E-state index in [1.165, 1.54) is 34.4 Å². The number of aromatic carboxylic acids is 1. The molecule has 2 N–H and O–H groups in total. The van der Waals surface area contributed by atoms with Gasteiger partial charge in [0.25, 0.3) is 0 Å². The van der Waals surface area contributed by atoms with Crippen LogP contribution in [-0.2, 0) is 17.6 Å². The van der Waals surface area contributed by atoms with Crippen molar-refractivity contribution in [3.63, 3.8) is 0 Å². The Balaban J connectivity index is 1.90. The minimum atomic E-state index is -0.984. The highest BCUT2D eigenvalue weighted by molar-refractivity contribution is 5.88. The van der Waals surface area contributed by atoms with Gasteiger partial charge in [0.05, 0.1) is 12.0 Å². The molecule has 2 rings (SSSR count). The number of hydrogen-bond donors (Lipinski definition) is 2. The Morgan fingerprint density at radius 3 is 2.33 bits per heavy atom. The fourth-order valence-electron chi connectivity index (χ4n) is 2.99. The Morgan fingerprint density at radius 2 is 1.71 bits per heavy atom. The zero-order chi connectivity index (χ0) is 17.7. The van der Waals surface area contributed by atoms with Gasteiger partial charge in [-0.2, -0.15) is 0 Å². The molecule has 0 aromatic heterocycles. The van der Waals surface area contributed by atoms with Crippen molar-refractivity contribution in [2.75, 3.05) is 6.54 Å². The van der Waals surface area contributed by atoms with E-state index in [2.05, 4.69) is 38.2 Å². The summed E-state index contributed by atoms with van der Waals surface area (Å²) in [6.07, 6.45) is 0.978. The third-order valence-corrected chi connectivity index (χ3v) is 4.08. The first kappa shape index (κ1) is 17.7. The topological polar surface area (TPSA) is 66.4 Å². The van der Waals surface area contributed by atoms with Gasteiger partial charge in [-0.15, -0.1) is 0 Å². The quantitative estimate of drug-likeness (QED) is 0.857. The Kier molecular flexibility index (Phi) is 5.74. The smallest absolute Gasteiger partial charge is 0.335 e. The van der Waals surface area contributed by atoms with Gasteiger partial charge in [-0.05, 0) is 61.6 Å². The zero-order valence-electron chi connectivity index (χ0n) is 14.3. The summed E-state index contributed by atoms with van der Waals surface area (Å²) in [6.45, 7) is 6.84. The van der Waals surface area contributed by atoms with E-state index in [1.54, 1.807) is 12.1 Å². The van der Waals surface area contributed by atoms with Gasteiger partial charge in [-0.25, -0.2) is 4.79 Å². The lowest BCUT2D eigenvalue weighted by molar-refractivity contribution is -0.120. The van der Waals surface area contributed by atoms with Crippen molar-refractivity contribution < 1.29 is 14.7 Å². The van der Waals surface area contributed by atoms with E-state index in [0.717, 1.165) is 6.42 Å². The van der Waals surface area contributed by atoms with Crippen LogP contribution in [0.15, 0.2) is 36.4 Å². The van der Waals surface area contributed by atoms with Crippen LogP contribution in [0.3, 0.4) is 0 Å². The molecule has 2 aromatic rings. The average molecular weight is 325 g/mol. The summed E-state index contributed by atoms with van der Waals surface area (Å²) in [5.41, 5.74) is 5.91. The van der Waals surface area contributed by atoms with Gasteiger partial charge in [-0.3, -0.25) is 4.79 Å². The van der Waals surface area contributed by atoms with Crippen LogP contribution in [0.5, 0.6) is 0 Å². The molecule has 0 saturated carbocycles. The van der Waals surface area contributed by atoms with E-state index < -0.39 is 5.97 Å². The van der Waals surface area contributed by atoms with Crippen LogP contribution in [0, 0.1) is 20.8 Å². The summed E-state index contributed by atoms with van der Waals surface area (Å²) >= 11 is 0. The molecule has 24 heavy (non-hydrogen) atoms. The SMILES string of the molecule is Cc1cc(C)c(CCNC(=O)Cc2cccc(C(=O)O)c2)c(C)c1. The summed E-state index contributed by atoms with van der Waals surface area (Å²) in [7, 11) is 0. The van der Waals surface area contributed by atoms with Crippen LogP contribution in [0.4, 0.5) is 0 Å². The molecule has 0 atom stereocenters. The van der Waals surface area contributed by atoms with E-state index in [0.29, 0.717) is 12.1 Å². The van der Waals surface area contributed by atoms with Gasteiger partial charge in [0.15, 0.2) is 0 Å². The molecule has 0 radical (unpaired) electrons. The Bertz CT molecular complexity index is 742. The van der Waals surface area contributed by atoms with Crippen LogP contribution in [0.25, 0.3) is 0 Å². The van der Waals surface area contributed by atoms with E-state index >= 15 is 0 Å². The van der Waals surface area contributed by atoms with E-state index in [9.17, 15) is 9.59 Å². The Morgan fingerprint density at radius 1 is 1.04 bits per heavy atom. The van der Waals surface area contributed by atoms with E-state index in [1.807, 2.05) is 0 Å². The second-order valence-electron chi connectivity index (χ2n) is 6.16. The van der Waals surface area contributed by atoms with Crippen molar-refractivity contribution in [2.45, 2.75) is 33.6 Å². The second-order valence-corrected chi connectivity index (χ2v) is 6.16. The Hall–Kier alpha value is -2.62. The lowest BCUT2D eigenvalue weighted by atomic mass is 9.97. The van der Waals surface area contributed by atoms with Gasteiger partial charge in [0.1, 0.15) is 0 Å². The number of nitrogens with one attached hydrogen (secondary N) is 1. The third kappa shape index (κ3) is 4.69. The minimum Gasteiger partial charge on any atom is -0.478 e. The highest BCUT2D eigenvalue weighted by Crippen LogP contribution is 2.16. The third-order valence-electron chi connectivity index (χ3n) is 4.08. The number of carbonyl (C=O) groups is 2. The predicted molar refractivity (Wildman–Crippen MR) is 94.5 cm³/mol. The summed E-state index contributed by atoms with van der Waals surface area (Å²) in [4.78, 5) is 23.0. The van der Waals surface area contributed by atoms with Crippen LogP contribution >= 0.6 is 0 Å². The van der Waals surface area contributed by atoms with Gasteiger partial charge < -0.3 is 10.4 Å². The maximum absolute atomic E-state index is 12.0. The van der Waals surface area contributed by atoms with Crippen LogP contribution < -0.4 is 5.32 Å². The summed E-state index contributed by atoms with van der Waals surface area (Å²) < 4.78 is 0.